The first kappa shape index (κ1) is 20.3. The molecule has 0 heterocycles. The van der Waals surface area contributed by atoms with Crippen LogP contribution >= 0.6 is 0 Å². The van der Waals surface area contributed by atoms with Crippen molar-refractivity contribution in [2.45, 2.75) is 123 Å². The molecule has 2 saturated carbocycles. The Morgan fingerprint density at radius 2 is 1.42 bits per heavy atom. The molecule has 1 heteroatoms. The molecule has 2 fully saturated rings. The third-order valence-corrected chi connectivity index (χ3v) is 7.12. The van der Waals surface area contributed by atoms with Gasteiger partial charge in [0.2, 0.25) is 0 Å². The predicted octanol–water partition coefficient (Wildman–Crippen LogP) is 7.53. The molecular formula is C23H44O. The van der Waals surface area contributed by atoms with E-state index < -0.39 is 0 Å². The van der Waals surface area contributed by atoms with Crippen LogP contribution in [0.4, 0.5) is 0 Å². The molecule has 0 atom stereocenters. The SMILES string of the molecule is CCCCCCC1CCC([C@H]2CC[C@@](CCC)(OCC)CC2)CC1. The molecule has 0 aliphatic heterocycles. The van der Waals surface area contributed by atoms with Gasteiger partial charge in [0.25, 0.3) is 0 Å². The Morgan fingerprint density at radius 1 is 0.750 bits per heavy atom. The van der Waals surface area contributed by atoms with Crippen molar-refractivity contribution in [3.8, 4) is 0 Å². The third-order valence-electron chi connectivity index (χ3n) is 7.12. The average molecular weight is 337 g/mol. The Morgan fingerprint density at radius 3 is 2.00 bits per heavy atom. The van der Waals surface area contributed by atoms with E-state index in [4.69, 9.17) is 4.74 Å². The fourth-order valence-electron chi connectivity index (χ4n) is 5.67. The maximum absolute atomic E-state index is 6.23. The Hall–Kier alpha value is -0.0400. The number of unbranched alkanes of at least 4 members (excludes halogenated alkanes) is 3. The summed E-state index contributed by atoms with van der Waals surface area (Å²) in [6, 6.07) is 0. The Labute approximate surface area is 152 Å². The van der Waals surface area contributed by atoms with Gasteiger partial charge < -0.3 is 4.74 Å². The second-order valence-electron chi connectivity index (χ2n) is 8.83. The van der Waals surface area contributed by atoms with Gasteiger partial charge in [-0.05, 0) is 69.6 Å². The smallest absolute Gasteiger partial charge is 0.0682 e. The number of hydrogen-bond donors (Lipinski definition) is 0. The van der Waals surface area contributed by atoms with Gasteiger partial charge in [0.15, 0.2) is 0 Å². The number of rotatable bonds is 10. The first-order chi connectivity index (χ1) is 11.7. The second-order valence-corrected chi connectivity index (χ2v) is 8.83. The molecule has 2 aliphatic carbocycles. The zero-order valence-corrected chi connectivity index (χ0v) is 17.0. The van der Waals surface area contributed by atoms with Crippen molar-refractivity contribution in [3.63, 3.8) is 0 Å². The van der Waals surface area contributed by atoms with E-state index in [1.807, 2.05) is 0 Å². The maximum Gasteiger partial charge on any atom is 0.0682 e. The predicted molar refractivity (Wildman–Crippen MR) is 105 cm³/mol. The molecule has 2 rings (SSSR count). The molecule has 0 saturated heterocycles. The lowest BCUT2D eigenvalue weighted by Crippen LogP contribution is -2.39. The fraction of sp³-hybridized carbons (Fsp3) is 1.00. The van der Waals surface area contributed by atoms with Gasteiger partial charge in [0.1, 0.15) is 0 Å². The average Bonchev–Trinajstić information content (AvgIpc) is 2.61. The first-order valence-electron chi connectivity index (χ1n) is 11.4. The highest BCUT2D eigenvalue weighted by molar-refractivity contribution is 4.90. The summed E-state index contributed by atoms with van der Waals surface area (Å²) in [5.74, 6) is 3.11. The molecule has 0 bridgehead atoms. The summed E-state index contributed by atoms with van der Waals surface area (Å²) < 4.78 is 6.23. The lowest BCUT2D eigenvalue weighted by atomic mass is 9.67. The zero-order chi connectivity index (χ0) is 17.3. The third kappa shape index (κ3) is 6.04. The van der Waals surface area contributed by atoms with Gasteiger partial charge in [0.05, 0.1) is 5.60 Å². The molecule has 24 heavy (non-hydrogen) atoms. The van der Waals surface area contributed by atoms with Crippen LogP contribution in [0.1, 0.15) is 117 Å². The van der Waals surface area contributed by atoms with E-state index in [-0.39, 0.29) is 5.60 Å². The van der Waals surface area contributed by atoms with Crippen molar-refractivity contribution < 1.29 is 4.74 Å². The lowest BCUT2D eigenvalue weighted by molar-refractivity contribution is -0.0846. The van der Waals surface area contributed by atoms with Crippen molar-refractivity contribution in [1.29, 1.82) is 0 Å². The van der Waals surface area contributed by atoms with Crippen LogP contribution in [0.2, 0.25) is 0 Å². The molecule has 0 aromatic rings. The monoisotopic (exact) mass is 336 g/mol. The molecule has 1 nitrogen and oxygen atoms in total. The molecule has 142 valence electrons. The Bertz CT molecular complexity index is 300. The van der Waals surface area contributed by atoms with Crippen LogP contribution in [-0.2, 0) is 4.74 Å². The highest BCUT2D eigenvalue weighted by Crippen LogP contribution is 2.45. The molecule has 0 aromatic carbocycles. The molecule has 0 unspecified atom stereocenters. The number of ether oxygens (including phenoxy) is 1. The van der Waals surface area contributed by atoms with Crippen molar-refractivity contribution in [1.82, 2.24) is 0 Å². The van der Waals surface area contributed by atoms with E-state index in [1.54, 1.807) is 0 Å². The second kappa shape index (κ2) is 10.8. The minimum absolute atomic E-state index is 0.247. The summed E-state index contributed by atoms with van der Waals surface area (Å²) in [7, 11) is 0. The highest BCUT2D eigenvalue weighted by atomic mass is 16.5. The Kier molecular flexibility index (Phi) is 9.16. The normalized spacial score (nSPS) is 34.4. The topological polar surface area (TPSA) is 9.23 Å². The van der Waals surface area contributed by atoms with Crippen LogP contribution in [0, 0.1) is 17.8 Å². The molecule has 0 spiro atoms. The Balaban J connectivity index is 1.68. The van der Waals surface area contributed by atoms with Gasteiger partial charge in [-0.2, -0.15) is 0 Å². The van der Waals surface area contributed by atoms with E-state index in [1.165, 1.54) is 96.3 Å². The van der Waals surface area contributed by atoms with Crippen LogP contribution in [0.25, 0.3) is 0 Å². The van der Waals surface area contributed by atoms with Crippen LogP contribution in [0.3, 0.4) is 0 Å². The lowest BCUT2D eigenvalue weighted by Gasteiger charge is -2.43. The summed E-state index contributed by atoms with van der Waals surface area (Å²) >= 11 is 0. The van der Waals surface area contributed by atoms with Gasteiger partial charge in [0, 0.05) is 6.61 Å². The van der Waals surface area contributed by atoms with Crippen LogP contribution in [0.15, 0.2) is 0 Å². The van der Waals surface area contributed by atoms with Crippen molar-refractivity contribution >= 4 is 0 Å². The van der Waals surface area contributed by atoms with E-state index in [2.05, 4.69) is 20.8 Å². The molecular weight excluding hydrogens is 292 g/mol. The largest absolute Gasteiger partial charge is 0.375 e. The van der Waals surface area contributed by atoms with Crippen molar-refractivity contribution in [2.75, 3.05) is 6.61 Å². The minimum Gasteiger partial charge on any atom is -0.375 e. The van der Waals surface area contributed by atoms with Crippen molar-refractivity contribution in [3.05, 3.63) is 0 Å². The summed E-state index contributed by atoms with van der Waals surface area (Å²) in [6.07, 6.45) is 21.5. The standard InChI is InChI=1S/C23H44O/c1-4-7-8-9-10-20-11-13-21(14-12-20)22-15-18-23(17-5-2,19-16-22)24-6-3/h20-22H,4-19H2,1-3H3/t20?,21?,22-,23+. The highest BCUT2D eigenvalue weighted by Gasteiger charge is 2.38. The van der Waals surface area contributed by atoms with E-state index >= 15 is 0 Å². The van der Waals surface area contributed by atoms with E-state index in [9.17, 15) is 0 Å². The molecule has 0 radical (unpaired) electrons. The van der Waals surface area contributed by atoms with Gasteiger partial charge in [-0.25, -0.2) is 0 Å². The molecule has 2 aliphatic rings. The molecule has 0 N–H and O–H groups in total. The van der Waals surface area contributed by atoms with Gasteiger partial charge >= 0.3 is 0 Å². The van der Waals surface area contributed by atoms with Gasteiger partial charge in [-0.15, -0.1) is 0 Å². The fourth-order valence-corrected chi connectivity index (χ4v) is 5.67. The maximum atomic E-state index is 6.23. The zero-order valence-electron chi connectivity index (χ0n) is 17.0. The summed E-state index contributed by atoms with van der Waals surface area (Å²) in [5, 5.41) is 0. The first-order valence-corrected chi connectivity index (χ1v) is 11.4. The summed E-state index contributed by atoms with van der Waals surface area (Å²) in [5.41, 5.74) is 0.247. The van der Waals surface area contributed by atoms with Gasteiger partial charge in [-0.1, -0.05) is 65.2 Å². The van der Waals surface area contributed by atoms with Crippen LogP contribution < -0.4 is 0 Å². The van der Waals surface area contributed by atoms with Gasteiger partial charge in [-0.3, -0.25) is 0 Å². The molecule has 0 aromatic heterocycles. The summed E-state index contributed by atoms with van der Waals surface area (Å²) in [6.45, 7) is 7.70. The number of hydrogen-bond acceptors (Lipinski definition) is 1. The van der Waals surface area contributed by atoms with Crippen LogP contribution in [-0.4, -0.2) is 12.2 Å². The van der Waals surface area contributed by atoms with Crippen molar-refractivity contribution in [2.24, 2.45) is 17.8 Å². The summed E-state index contributed by atoms with van der Waals surface area (Å²) in [4.78, 5) is 0. The quantitative estimate of drug-likeness (QED) is 0.375. The van der Waals surface area contributed by atoms with E-state index in [0.29, 0.717) is 0 Å². The minimum atomic E-state index is 0.247. The van der Waals surface area contributed by atoms with Crippen LogP contribution in [0.5, 0.6) is 0 Å². The van der Waals surface area contributed by atoms with E-state index in [0.717, 1.165) is 24.4 Å². The molecule has 0 amide bonds.